The Balaban J connectivity index is 2.14. The summed E-state index contributed by atoms with van der Waals surface area (Å²) in [6.07, 6.45) is 9.83. The number of aliphatic hydroxyl groups is 1. The summed E-state index contributed by atoms with van der Waals surface area (Å²) in [5, 5.41) is 9.49. The normalized spacial score (nSPS) is 22.1. The highest BCUT2D eigenvalue weighted by Crippen LogP contribution is 2.26. The van der Waals surface area contributed by atoms with Crippen molar-refractivity contribution in [3.05, 3.63) is 41.5 Å². The lowest BCUT2D eigenvalue weighted by molar-refractivity contribution is 0.199. The summed E-state index contributed by atoms with van der Waals surface area (Å²) in [6, 6.07) is 8.38. The average molecular weight is 230 g/mol. The quantitative estimate of drug-likeness (QED) is 0.794. The van der Waals surface area contributed by atoms with Crippen molar-refractivity contribution < 1.29 is 5.11 Å². The second-order valence-corrected chi connectivity index (χ2v) is 4.98. The Hall–Kier alpha value is -1.08. The van der Waals surface area contributed by atoms with Gasteiger partial charge in [0.1, 0.15) is 0 Å². The lowest BCUT2D eigenvalue weighted by Gasteiger charge is -2.12. The average Bonchev–Trinajstić information content (AvgIpc) is 2.29. The van der Waals surface area contributed by atoms with Crippen molar-refractivity contribution in [2.45, 2.75) is 51.6 Å². The molecule has 0 heterocycles. The minimum absolute atomic E-state index is 0.365. The summed E-state index contributed by atoms with van der Waals surface area (Å²) < 4.78 is 0. The first-order valence-electron chi connectivity index (χ1n) is 6.75. The molecule has 0 bridgehead atoms. The van der Waals surface area contributed by atoms with E-state index in [1.54, 1.807) is 0 Å². The van der Waals surface area contributed by atoms with Crippen LogP contribution in [0.5, 0.6) is 0 Å². The van der Waals surface area contributed by atoms with Gasteiger partial charge in [-0.05, 0) is 49.3 Å². The van der Waals surface area contributed by atoms with Crippen LogP contribution in [0.25, 0.3) is 5.57 Å². The Morgan fingerprint density at radius 1 is 1.00 bits per heavy atom. The van der Waals surface area contributed by atoms with Gasteiger partial charge >= 0.3 is 0 Å². The standard InChI is InChI=1S/C16H22O/c1-13(17)14-9-11-16(12-10-14)15-7-5-3-2-4-6-8-15/h7,9-13,17H,2-6,8H2,1H3/b15-7+. The molecule has 1 nitrogen and oxygen atoms in total. The predicted octanol–water partition coefficient (Wildman–Crippen LogP) is 4.48. The topological polar surface area (TPSA) is 20.2 Å². The molecular weight excluding hydrogens is 208 g/mol. The Labute approximate surface area is 104 Å². The maximum atomic E-state index is 9.49. The molecule has 1 aromatic rings. The summed E-state index contributed by atoms with van der Waals surface area (Å²) in [6.45, 7) is 1.81. The molecular formula is C16H22O. The molecule has 0 saturated heterocycles. The molecule has 0 aliphatic heterocycles. The van der Waals surface area contributed by atoms with Crippen LogP contribution in [0.2, 0.25) is 0 Å². The fourth-order valence-corrected chi connectivity index (χ4v) is 2.43. The molecule has 0 fully saturated rings. The molecule has 0 saturated carbocycles. The summed E-state index contributed by atoms with van der Waals surface area (Å²) in [7, 11) is 0. The molecule has 0 amide bonds. The van der Waals surface area contributed by atoms with Gasteiger partial charge in [0.15, 0.2) is 0 Å². The molecule has 0 aromatic heterocycles. The van der Waals surface area contributed by atoms with Crippen molar-refractivity contribution in [2.24, 2.45) is 0 Å². The summed E-state index contributed by atoms with van der Waals surface area (Å²) in [4.78, 5) is 0. The van der Waals surface area contributed by atoms with Gasteiger partial charge in [0.05, 0.1) is 6.10 Å². The molecule has 1 N–H and O–H groups in total. The monoisotopic (exact) mass is 230 g/mol. The SMILES string of the molecule is CC(O)c1ccc(/C2=C/CCCCCC2)cc1. The lowest BCUT2D eigenvalue weighted by Crippen LogP contribution is -1.93. The van der Waals surface area contributed by atoms with E-state index >= 15 is 0 Å². The van der Waals surface area contributed by atoms with Crippen molar-refractivity contribution in [3.8, 4) is 0 Å². The molecule has 1 aliphatic carbocycles. The number of benzene rings is 1. The number of rotatable bonds is 2. The van der Waals surface area contributed by atoms with Gasteiger partial charge in [0.25, 0.3) is 0 Å². The maximum absolute atomic E-state index is 9.49. The van der Waals surface area contributed by atoms with Gasteiger partial charge in [-0.25, -0.2) is 0 Å². The van der Waals surface area contributed by atoms with E-state index in [0.29, 0.717) is 0 Å². The molecule has 1 aromatic carbocycles. The Morgan fingerprint density at radius 2 is 1.71 bits per heavy atom. The molecule has 1 atom stereocenters. The van der Waals surface area contributed by atoms with E-state index < -0.39 is 0 Å². The van der Waals surface area contributed by atoms with Crippen LogP contribution in [0.15, 0.2) is 30.3 Å². The van der Waals surface area contributed by atoms with Gasteiger partial charge in [0, 0.05) is 0 Å². The van der Waals surface area contributed by atoms with Crippen LogP contribution in [0.3, 0.4) is 0 Å². The van der Waals surface area contributed by atoms with Gasteiger partial charge in [-0.15, -0.1) is 0 Å². The van der Waals surface area contributed by atoms with E-state index in [1.807, 2.05) is 19.1 Å². The van der Waals surface area contributed by atoms with Crippen LogP contribution in [0.1, 0.15) is 62.7 Å². The zero-order chi connectivity index (χ0) is 12.1. The third-order valence-electron chi connectivity index (χ3n) is 3.55. The summed E-state index contributed by atoms with van der Waals surface area (Å²) in [5.41, 5.74) is 3.82. The zero-order valence-electron chi connectivity index (χ0n) is 10.7. The third kappa shape index (κ3) is 3.44. The van der Waals surface area contributed by atoms with E-state index in [0.717, 1.165) is 5.56 Å². The molecule has 0 spiro atoms. The number of aliphatic hydroxyl groups excluding tert-OH is 1. The first kappa shape index (κ1) is 12.4. The van der Waals surface area contributed by atoms with E-state index in [4.69, 9.17) is 0 Å². The summed E-state index contributed by atoms with van der Waals surface area (Å²) in [5.74, 6) is 0. The summed E-state index contributed by atoms with van der Waals surface area (Å²) >= 11 is 0. The van der Waals surface area contributed by atoms with Crippen LogP contribution < -0.4 is 0 Å². The largest absolute Gasteiger partial charge is 0.389 e. The van der Waals surface area contributed by atoms with Gasteiger partial charge in [0.2, 0.25) is 0 Å². The molecule has 17 heavy (non-hydrogen) atoms. The van der Waals surface area contributed by atoms with E-state index in [1.165, 1.54) is 49.7 Å². The molecule has 1 heteroatoms. The minimum atomic E-state index is -0.365. The second-order valence-electron chi connectivity index (χ2n) is 4.98. The zero-order valence-corrected chi connectivity index (χ0v) is 10.7. The van der Waals surface area contributed by atoms with E-state index in [2.05, 4.69) is 18.2 Å². The van der Waals surface area contributed by atoms with Crippen molar-refractivity contribution in [2.75, 3.05) is 0 Å². The van der Waals surface area contributed by atoms with Gasteiger partial charge < -0.3 is 5.11 Å². The highest BCUT2D eigenvalue weighted by atomic mass is 16.3. The molecule has 92 valence electrons. The Bertz CT molecular complexity index is 373. The highest BCUT2D eigenvalue weighted by molar-refractivity contribution is 5.65. The van der Waals surface area contributed by atoms with Crippen molar-refractivity contribution >= 4 is 5.57 Å². The fraction of sp³-hybridized carbons (Fsp3) is 0.500. The highest BCUT2D eigenvalue weighted by Gasteiger charge is 2.06. The molecule has 1 aliphatic rings. The third-order valence-corrected chi connectivity index (χ3v) is 3.55. The predicted molar refractivity (Wildman–Crippen MR) is 72.8 cm³/mol. The first-order chi connectivity index (χ1) is 8.27. The first-order valence-corrected chi connectivity index (χ1v) is 6.75. The van der Waals surface area contributed by atoms with E-state index in [-0.39, 0.29) is 6.10 Å². The van der Waals surface area contributed by atoms with Crippen LogP contribution in [-0.2, 0) is 0 Å². The van der Waals surface area contributed by atoms with Crippen LogP contribution in [0.4, 0.5) is 0 Å². The van der Waals surface area contributed by atoms with Crippen LogP contribution >= 0.6 is 0 Å². The molecule has 2 rings (SSSR count). The van der Waals surface area contributed by atoms with Crippen LogP contribution in [-0.4, -0.2) is 5.11 Å². The number of hydrogen-bond acceptors (Lipinski definition) is 1. The molecule has 0 radical (unpaired) electrons. The lowest BCUT2D eigenvalue weighted by atomic mass is 9.94. The van der Waals surface area contributed by atoms with Crippen molar-refractivity contribution in [1.82, 2.24) is 0 Å². The second kappa shape index (κ2) is 6.02. The smallest absolute Gasteiger partial charge is 0.0761 e. The van der Waals surface area contributed by atoms with Crippen molar-refractivity contribution in [1.29, 1.82) is 0 Å². The Morgan fingerprint density at radius 3 is 2.41 bits per heavy atom. The van der Waals surface area contributed by atoms with Gasteiger partial charge in [-0.2, -0.15) is 0 Å². The fourth-order valence-electron chi connectivity index (χ4n) is 2.43. The van der Waals surface area contributed by atoms with E-state index in [9.17, 15) is 5.11 Å². The number of hydrogen-bond donors (Lipinski definition) is 1. The Kier molecular flexibility index (Phi) is 4.38. The van der Waals surface area contributed by atoms with Crippen LogP contribution in [0, 0.1) is 0 Å². The molecule has 1 unspecified atom stereocenters. The van der Waals surface area contributed by atoms with Gasteiger partial charge in [-0.1, -0.05) is 43.2 Å². The number of allylic oxidation sites excluding steroid dienone is 2. The maximum Gasteiger partial charge on any atom is 0.0761 e. The minimum Gasteiger partial charge on any atom is -0.389 e. The van der Waals surface area contributed by atoms with Crippen molar-refractivity contribution in [3.63, 3.8) is 0 Å². The van der Waals surface area contributed by atoms with Gasteiger partial charge in [-0.3, -0.25) is 0 Å².